The van der Waals surface area contributed by atoms with Crippen molar-refractivity contribution in [1.29, 1.82) is 0 Å². The summed E-state index contributed by atoms with van der Waals surface area (Å²) in [5, 5.41) is 0.732. The van der Waals surface area contributed by atoms with Crippen LogP contribution in [0, 0.1) is 13.8 Å². The van der Waals surface area contributed by atoms with E-state index in [1.807, 2.05) is 60.7 Å². The fraction of sp³-hybridized carbons (Fsp3) is 0.300. The molecule has 0 spiro atoms. The number of imidazole rings is 1. The summed E-state index contributed by atoms with van der Waals surface area (Å²) in [5.74, 6) is 0.963. The average Bonchev–Trinajstić information content (AvgIpc) is 2.87. The van der Waals surface area contributed by atoms with Gasteiger partial charge in [-0.25, -0.2) is 4.98 Å². The molecular formula is C20H20ClN3O. The molecule has 3 aromatic rings. The standard InChI is InChI=1S/C20H20ClN3O/c1-12-9-16(21)10-14-5-4-8-24(19(12)14)20(25)15-6-7-18-17(11-15)22-13(2)23(18)3/h6-7,9-11H,4-5,8H2,1-3H3. The molecule has 1 aromatic heterocycles. The van der Waals surface area contributed by atoms with E-state index in [1.165, 1.54) is 0 Å². The number of hydrogen-bond acceptors (Lipinski definition) is 2. The third-order valence-electron chi connectivity index (χ3n) is 5.04. The van der Waals surface area contributed by atoms with E-state index in [9.17, 15) is 4.79 Å². The first-order chi connectivity index (χ1) is 12.0. The van der Waals surface area contributed by atoms with Crippen LogP contribution in [0.2, 0.25) is 5.02 Å². The van der Waals surface area contributed by atoms with Gasteiger partial charge in [0.15, 0.2) is 0 Å². The van der Waals surface area contributed by atoms with Crippen molar-refractivity contribution in [3.8, 4) is 0 Å². The van der Waals surface area contributed by atoms with Crippen LogP contribution in [0.15, 0.2) is 30.3 Å². The first-order valence-corrected chi connectivity index (χ1v) is 8.87. The number of benzene rings is 2. The second-order valence-electron chi connectivity index (χ2n) is 6.71. The van der Waals surface area contributed by atoms with Crippen LogP contribution < -0.4 is 4.90 Å². The molecule has 128 valence electrons. The van der Waals surface area contributed by atoms with Crippen molar-refractivity contribution < 1.29 is 4.79 Å². The summed E-state index contributed by atoms with van der Waals surface area (Å²) >= 11 is 6.19. The van der Waals surface area contributed by atoms with E-state index in [2.05, 4.69) is 4.98 Å². The quantitative estimate of drug-likeness (QED) is 0.648. The maximum atomic E-state index is 13.2. The summed E-state index contributed by atoms with van der Waals surface area (Å²) in [4.78, 5) is 19.6. The molecule has 1 aliphatic rings. The molecule has 2 heterocycles. The van der Waals surface area contributed by atoms with E-state index in [-0.39, 0.29) is 5.91 Å². The highest BCUT2D eigenvalue weighted by molar-refractivity contribution is 6.31. The highest BCUT2D eigenvalue weighted by Crippen LogP contribution is 2.34. The Morgan fingerprint density at radius 1 is 1.20 bits per heavy atom. The molecule has 2 aromatic carbocycles. The van der Waals surface area contributed by atoms with Gasteiger partial charge in [-0.2, -0.15) is 0 Å². The van der Waals surface area contributed by atoms with Crippen molar-refractivity contribution in [3.63, 3.8) is 0 Å². The minimum Gasteiger partial charge on any atom is -0.331 e. The molecule has 0 unspecified atom stereocenters. The lowest BCUT2D eigenvalue weighted by Crippen LogP contribution is -2.36. The number of carbonyl (C=O) groups excluding carboxylic acids is 1. The van der Waals surface area contributed by atoms with E-state index in [1.54, 1.807) is 0 Å². The number of nitrogens with zero attached hydrogens (tertiary/aromatic N) is 3. The molecule has 4 rings (SSSR count). The molecule has 0 aliphatic carbocycles. The first kappa shape index (κ1) is 16.2. The zero-order valence-electron chi connectivity index (χ0n) is 14.6. The van der Waals surface area contributed by atoms with Gasteiger partial charge in [0.2, 0.25) is 0 Å². The molecule has 0 fully saturated rings. The summed E-state index contributed by atoms with van der Waals surface area (Å²) in [6.07, 6.45) is 1.91. The van der Waals surface area contributed by atoms with Gasteiger partial charge in [-0.05, 0) is 68.1 Å². The zero-order chi connectivity index (χ0) is 17.7. The van der Waals surface area contributed by atoms with Crippen molar-refractivity contribution in [1.82, 2.24) is 9.55 Å². The predicted molar refractivity (Wildman–Crippen MR) is 102 cm³/mol. The van der Waals surface area contributed by atoms with E-state index in [0.717, 1.165) is 58.1 Å². The van der Waals surface area contributed by atoms with Crippen LogP contribution in [0.4, 0.5) is 5.69 Å². The Bertz CT molecular complexity index is 1010. The first-order valence-electron chi connectivity index (χ1n) is 8.49. The van der Waals surface area contributed by atoms with Gasteiger partial charge < -0.3 is 9.47 Å². The minimum absolute atomic E-state index is 0.0246. The number of halogens is 1. The van der Waals surface area contributed by atoms with Crippen LogP contribution in [0.3, 0.4) is 0 Å². The fourth-order valence-corrected chi connectivity index (χ4v) is 4.03. The second kappa shape index (κ2) is 5.88. The molecule has 0 N–H and O–H groups in total. The predicted octanol–water partition coefficient (Wildman–Crippen LogP) is 4.44. The Morgan fingerprint density at radius 2 is 2.00 bits per heavy atom. The van der Waals surface area contributed by atoms with Crippen LogP contribution in [0.5, 0.6) is 0 Å². The zero-order valence-corrected chi connectivity index (χ0v) is 15.4. The topological polar surface area (TPSA) is 38.1 Å². The lowest BCUT2D eigenvalue weighted by atomic mass is 9.97. The fourth-order valence-electron chi connectivity index (χ4n) is 3.73. The summed E-state index contributed by atoms with van der Waals surface area (Å²) in [7, 11) is 1.99. The number of hydrogen-bond donors (Lipinski definition) is 0. The summed E-state index contributed by atoms with van der Waals surface area (Å²) in [6, 6.07) is 9.67. The molecular weight excluding hydrogens is 334 g/mol. The summed E-state index contributed by atoms with van der Waals surface area (Å²) in [5.41, 5.74) is 5.78. The molecule has 0 radical (unpaired) electrons. The van der Waals surface area contributed by atoms with Crippen LogP contribution in [0.1, 0.15) is 33.7 Å². The summed E-state index contributed by atoms with van der Waals surface area (Å²) < 4.78 is 2.03. The molecule has 0 atom stereocenters. The van der Waals surface area contributed by atoms with Gasteiger partial charge >= 0.3 is 0 Å². The molecule has 25 heavy (non-hydrogen) atoms. The second-order valence-corrected chi connectivity index (χ2v) is 7.15. The lowest BCUT2D eigenvalue weighted by Gasteiger charge is -2.31. The van der Waals surface area contributed by atoms with E-state index in [4.69, 9.17) is 11.6 Å². The van der Waals surface area contributed by atoms with Gasteiger partial charge in [0.25, 0.3) is 5.91 Å². The summed E-state index contributed by atoms with van der Waals surface area (Å²) in [6.45, 7) is 4.71. The van der Waals surface area contributed by atoms with Gasteiger partial charge in [0.05, 0.1) is 16.7 Å². The highest BCUT2D eigenvalue weighted by atomic mass is 35.5. The number of fused-ring (bicyclic) bond motifs is 2. The Morgan fingerprint density at radius 3 is 2.80 bits per heavy atom. The number of rotatable bonds is 1. The van der Waals surface area contributed by atoms with Gasteiger partial charge in [0.1, 0.15) is 5.82 Å². The Balaban J connectivity index is 1.78. The molecule has 1 amide bonds. The van der Waals surface area contributed by atoms with Gasteiger partial charge in [0, 0.05) is 24.2 Å². The number of amides is 1. The van der Waals surface area contributed by atoms with Crippen LogP contribution in [-0.4, -0.2) is 22.0 Å². The average molecular weight is 354 g/mol. The Hall–Kier alpha value is -2.33. The van der Waals surface area contributed by atoms with E-state index >= 15 is 0 Å². The highest BCUT2D eigenvalue weighted by Gasteiger charge is 2.26. The van der Waals surface area contributed by atoms with Crippen LogP contribution in [0.25, 0.3) is 11.0 Å². The van der Waals surface area contributed by atoms with Crippen molar-refractivity contribution in [2.75, 3.05) is 11.4 Å². The largest absolute Gasteiger partial charge is 0.331 e. The van der Waals surface area contributed by atoms with Crippen molar-refractivity contribution in [2.45, 2.75) is 26.7 Å². The third-order valence-corrected chi connectivity index (χ3v) is 5.26. The number of anilines is 1. The van der Waals surface area contributed by atoms with Crippen LogP contribution in [-0.2, 0) is 13.5 Å². The molecule has 0 saturated carbocycles. The third kappa shape index (κ3) is 2.61. The monoisotopic (exact) mass is 353 g/mol. The number of aromatic nitrogens is 2. The number of aryl methyl sites for hydroxylation is 4. The Labute approximate surface area is 152 Å². The van der Waals surface area contributed by atoms with Gasteiger partial charge in [-0.1, -0.05) is 11.6 Å². The molecule has 0 bridgehead atoms. The van der Waals surface area contributed by atoms with Gasteiger partial charge in [-0.3, -0.25) is 4.79 Å². The SMILES string of the molecule is Cc1cc(Cl)cc2c1N(C(=O)c1ccc3c(c1)nc(C)n3C)CCC2. The smallest absolute Gasteiger partial charge is 0.258 e. The van der Waals surface area contributed by atoms with E-state index in [0.29, 0.717) is 5.56 Å². The van der Waals surface area contributed by atoms with Gasteiger partial charge in [-0.15, -0.1) is 0 Å². The van der Waals surface area contributed by atoms with Crippen molar-refractivity contribution >= 4 is 34.2 Å². The van der Waals surface area contributed by atoms with Crippen molar-refractivity contribution in [3.05, 3.63) is 57.9 Å². The normalized spacial score (nSPS) is 14.0. The van der Waals surface area contributed by atoms with Crippen LogP contribution >= 0.6 is 11.6 Å². The Kier molecular flexibility index (Phi) is 3.80. The number of carbonyl (C=O) groups is 1. The lowest BCUT2D eigenvalue weighted by molar-refractivity contribution is 0.0985. The van der Waals surface area contributed by atoms with Crippen molar-refractivity contribution in [2.24, 2.45) is 7.05 Å². The maximum absolute atomic E-state index is 13.2. The molecule has 4 nitrogen and oxygen atoms in total. The van der Waals surface area contributed by atoms with E-state index < -0.39 is 0 Å². The minimum atomic E-state index is 0.0246. The molecule has 1 aliphatic heterocycles. The maximum Gasteiger partial charge on any atom is 0.258 e. The molecule has 5 heteroatoms. The molecule has 0 saturated heterocycles.